The van der Waals surface area contributed by atoms with Crippen LogP contribution in [0.3, 0.4) is 0 Å². The van der Waals surface area contributed by atoms with Gasteiger partial charge in [0.1, 0.15) is 11.6 Å². The molecule has 0 spiro atoms. The summed E-state index contributed by atoms with van der Waals surface area (Å²) in [6.45, 7) is 4.54. The van der Waals surface area contributed by atoms with Crippen molar-refractivity contribution in [2.75, 3.05) is 0 Å². The third-order valence-corrected chi connectivity index (χ3v) is 10.1. The van der Waals surface area contributed by atoms with Crippen LogP contribution in [0.15, 0.2) is 42.5 Å². The molecule has 2 fully saturated rings. The summed E-state index contributed by atoms with van der Waals surface area (Å²) in [4.78, 5) is 0. The Kier molecular flexibility index (Phi) is 8.83. The van der Waals surface area contributed by atoms with Crippen LogP contribution in [-0.2, 0) is 0 Å². The lowest BCUT2D eigenvalue weighted by molar-refractivity contribution is 0.308. The van der Waals surface area contributed by atoms with Crippen LogP contribution in [0, 0.1) is 23.5 Å². The minimum atomic E-state index is -0.0363. The molecule has 3 aliphatic carbocycles. The first-order valence-corrected chi connectivity index (χ1v) is 15.3. The molecule has 0 amide bonds. The summed E-state index contributed by atoms with van der Waals surface area (Å²) in [5.41, 5.74) is 5.20. The average Bonchev–Trinajstić information content (AvgIpc) is 2.94. The molecule has 0 saturated heterocycles. The highest BCUT2D eigenvalue weighted by molar-refractivity contribution is 5.67. The predicted octanol–water partition coefficient (Wildman–Crippen LogP) is 11.1. The van der Waals surface area contributed by atoms with Gasteiger partial charge in [-0.15, -0.1) is 0 Å². The van der Waals surface area contributed by atoms with Crippen molar-refractivity contribution in [3.8, 4) is 0 Å². The molecule has 1 unspecified atom stereocenters. The standard InChI is InChI=1S/C35H46F2/c1-3-5-25-8-10-26(11-9-25)30-18-21-33(35(37)22-30)29-16-14-27(15-17-29)31-19-20-32(34(36)23-31)28-12-6-24(4-2)7-13-28/h14,18-26,28-29H,3-13,15-17H2,1-2H3. The van der Waals surface area contributed by atoms with Crippen molar-refractivity contribution in [3.05, 3.63) is 76.4 Å². The summed E-state index contributed by atoms with van der Waals surface area (Å²) >= 11 is 0. The van der Waals surface area contributed by atoms with Crippen molar-refractivity contribution in [2.24, 2.45) is 11.8 Å². The molecule has 0 aromatic heterocycles. The Morgan fingerprint density at radius 2 is 1.32 bits per heavy atom. The fraction of sp³-hybridized carbons (Fsp3) is 0.600. The van der Waals surface area contributed by atoms with Crippen LogP contribution in [0.1, 0.15) is 144 Å². The Balaban J connectivity index is 1.20. The maximum absolute atomic E-state index is 15.3. The highest BCUT2D eigenvalue weighted by atomic mass is 19.1. The lowest BCUT2D eigenvalue weighted by Gasteiger charge is -2.29. The van der Waals surface area contributed by atoms with E-state index in [0.717, 1.165) is 60.6 Å². The van der Waals surface area contributed by atoms with Crippen molar-refractivity contribution in [3.63, 3.8) is 0 Å². The molecular formula is C35H46F2. The molecular weight excluding hydrogens is 458 g/mol. The summed E-state index contributed by atoms with van der Waals surface area (Å²) in [7, 11) is 0. The molecule has 2 aromatic carbocycles. The van der Waals surface area contributed by atoms with Crippen LogP contribution in [0.2, 0.25) is 0 Å². The van der Waals surface area contributed by atoms with Gasteiger partial charge < -0.3 is 0 Å². The second-order valence-corrected chi connectivity index (χ2v) is 12.4. The Morgan fingerprint density at radius 3 is 1.95 bits per heavy atom. The number of halogens is 2. The molecule has 37 heavy (non-hydrogen) atoms. The number of hydrogen-bond acceptors (Lipinski definition) is 0. The van der Waals surface area contributed by atoms with Gasteiger partial charge in [0, 0.05) is 0 Å². The van der Waals surface area contributed by atoms with Crippen LogP contribution >= 0.6 is 0 Å². The number of rotatable bonds is 7. The molecule has 2 heteroatoms. The van der Waals surface area contributed by atoms with Gasteiger partial charge in [-0.3, -0.25) is 0 Å². The fourth-order valence-corrected chi connectivity index (χ4v) is 7.64. The molecule has 0 N–H and O–H groups in total. The van der Waals surface area contributed by atoms with E-state index in [-0.39, 0.29) is 17.6 Å². The van der Waals surface area contributed by atoms with Crippen LogP contribution in [-0.4, -0.2) is 0 Å². The Labute approximate surface area is 224 Å². The second-order valence-electron chi connectivity index (χ2n) is 12.4. The first-order chi connectivity index (χ1) is 18.1. The van der Waals surface area contributed by atoms with E-state index in [1.54, 1.807) is 6.07 Å². The maximum Gasteiger partial charge on any atom is 0.127 e. The van der Waals surface area contributed by atoms with Gasteiger partial charge in [-0.1, -0.05) is 63.5 Å². The number of allylic oxidation sites excluding steroid dienone is 2. The Bertz CT molecular complexity index is 1070. The fourth-order valence-electron chi connectivity index (χ4n) is 7.64. The highest BCUT2D eigenvalue weighted by Crippen LogP contribution is 2.42. The van der Waals surface area contributed by atoms with E-state index >= 15 is 8.78 Å². The molecule has 0 aliphatic heterocycles. The molecule has 3 aliphatic rings. The zero-order valence-corrected chi connectivity index (χ0v) is 23.1. The SMILES string of the molecule is CCCC1CCC(c2ccc(C3CC=C(c4ccc(C5CCC(CC)CC5)c(F)c4)CC3)c(F)c2)CC1. The topological polar surface area (TPSA) is 0 Å². The summed E-state index contributed by atoms with van der Waals surface area (Å²) in [5, 5.41) is 0. The zero-order chi connectivity index (χ0) is 25.8. The van der Waals surface area contributed by atoms with E-state index in [1.807, 2.05) is 12.1 Å². The molecule has 200 valence electrons. The monoisotopic (exact) mass is 504 g/mol. The van der Waals surface area contributed by atoms with Gasteiger partial charge in [0.25, 0.3) is 0 Å². The Hall–Kier alpha value is -1.96. The Morgan fingerprint density at radius 1 is 0.676 bits per heavy atom. The third-order valence-electron chi connectivity index (χ3n) is 10.1. The van der Waals surface area contributed by atoms with Crippen LogP contribution in [0.4, 0.5) is 8.78 Å². The predicted molar refractivity (Wildman–Crippen MR) is 152 cm³/mol. The molecule has 0 bridgehead atoms. The van der Waals surface area contributed by atoms with Gasteiger partial charge in [-0.2, -0.15) is 0 Å². The summed E-state index contributed by atoms with van der Waals surface area (Å²) in [6.07, 6.45) is 18.4. The average molecular weight is 505 g/mol. The molecule has 0 nitrogen and oxygen atoms in total. The third kappa shape index (κ3) is 6.21. The largest absolute Gasteiger partial charge is 0.207 e. The first kappa shape index (κ1) is 26.6. The number of benzene rings is 2. The molecule has 2 aromatic rings. The van der Waals surface area contributed by atoms with E-state index in [1.165, 1.54) is 68.9 Å². The highest BCUT2D eigenvalue weighted by Gasteiger charge is 2.26. The van der Waals surface area contributed by atoms with Crippen molar-refractivity contribution < 1.29 is 8.78 Å². The lowest BCUT2D eigenvalue weighted by Crippen LogP contribution is -2.14. The van der Waals surface area contributed by atoms with E-state index in [9.17, 15) is 0 Å². The quantitative estimate of drug-likeness (QED) is 0.352. The molecule has 2 saturated carbocycles. The van der Waals surface area contributed by atoms with Crippen LogP contribution in [0.5, 0.6) is 0 Å². The van der Waals surface area contributed by atoms with Gasteiger partial charge in [0.05, 0.1) is 0 Å². The van der Waals surface area contributed by atoms with Gasteiger partial charge in [0.15, 0.2) is 0 Å². The molecule has 0 heterocycles. The maximum atomic E-state index is 15.3. The van der Waals surface area contributed by atoms with E-state index in [0.29, 0.717) is 11.8 Å². The van der Waals surface area contributed by atoms with Gasteiger partial charge in [-0.05, 0) is 140 Å². The van der Waals surface area contributed by atoms with Crippen molar-refractivity contribution in [1.82, 2.24) is 0 Å². The van der Waals surface area contributed by atoms with E-state index in [2.05, 4.69) is 38.1 Å². The van der Waals surface area contributed by atoms with Crippen molar-refractivity contribution in [2.45, 2.75) is 121 Å². The minimum absolute atomic E-state index is 0.0248. The zero-order valence-electron chi connectivity index (χ0n) is 23.1. The van der Waals surface area contributed by atoms with Gasteiger partial charge >= 0.3 is 0 Å². The van der Waals surface area contributed by atoms with E-state index < -0.39 is 0 Å². The van der Waals surface area contributed by atoms with Crippen LogP contribution in [0.25, 0.3) is 5.57 Å². The lowest BCUT2D eigenvalue weighted by atomic mass is 9.76. The smallest absolute Gasteiger partial charge is 0.127 e. The number of hydrogen-bond donors (Lipinski definition) is 0. The normalized spacial score (nSPS) is 28.6. The minimum Gasteiger partial charge on any atom is -0.207 e. The first-order valence-electron chi connectivity index (χ1n) is 15.3. The van der Waals surface area contributed by atoms with Crippen molar-refractivity contribution >= 4 is 5.57 Å². The van der Waals surface area contributed by atoms with Gasteiger partial charge in [0.2, 0.25) is 0 Å². The summed E-state index contributed by atoms with van der Waals surface area (Å²) < 4.78 is 30.4. The summed E-state index contributed by atoms with van der Waals surface area (Å²) in [6, 6.07) is 12.0. The molecule has 0 radical (unpaired) electrons. The van der Waals surface area contributed by atoms with Gasteiger partial charge in [-0.25, -0.2) is 8.78 Å². The van der Waals surface area contributed by atoms with E-state index in [4.69, 9.17) is 0 Å². The summed E-state index contributed by atoms with van der Waals surface area (Å²) in [5.74, 6) is 2.75. The second kappa shape index (κ2) is 12.3. The molecule has 1 atom stereocenters. The van der Waals surface area contributed by atoms with Crippen molar-refractivity contribution in [1.29, 1.82) is 0 Å². The molecule has 5 rings (SSSR count). The van der Waals surface area contributed by atoms with Crippen LogP contribution < -0.4 is 0 Å².